The van der Waals surface area contributed by atoms with Crippen molar-refractivity contribution in [3.05, 3.63) is 60.9 Å². The molecular formula is C15H11BrN2O3S. The van der Waals surface area contributed by atoms with Crippen LogP contribution < -0.4 is 5.56 Å². The summed E-state index contributed by atoms with van der Waals surface area (Å²) in [4.78, 5) is 31.2. The second-order valence-corrected chi connectivity index (χ2v) is 6.78. The van der Waals surface area contributed by atoms with Crippen molar-refractivity contribution in [1.29, 1.82) is 0 Å². The third kappa shape index (κ3) is 2.69. The second kappa shape index (κ2) is 5.66. The predicted molar refractivity (Wildman–Crippen MR) is 88.9 cm³/mol. The maximum Gasteiger partial charge on any atom is 0.346 e. The van der Waals surface area contributed by atoms with Crippen LogP contribution in [0, 0.1) is 6.92 Å². The number of carboxylic acid groups (broad SMARTS) is 1. The van der Waals surface area contributed by atoms with Gasteiger partial charge < -0.3 is 10.1 Å². The Morgan fingerprint density at radius 1 is 1.45 bits per heavy atom. The van der Waals surface area contributed by atoms with Crippen molar-refractivity contribution >= 4 is 43.5 Å². The normalized spacial score (nSPS) is 11.0. The number of benzene rings is 1. The number of rotatable bonds is 3. The largest absolute Gasteiger partial charge is 0.477 e. The fourth-order valence-electron chi connectivity index (χ4n) is 2.32. The lowest BCUT2D eigenvalue weighted by molar-refractivity contribution is 0.0701. The Morgan fingerprint density at radius 3 is 2.91 bits per heavy atom. The number of halogens is 1. The van der Waals surface area contributed by atoms with Crippen LogP contribution in [-0.2, 0) is 6.42 Å². The summed E-state index contributed by atoms with van der Waals surface area (Å²) in [5.41, 5.74) is 1.18. The summed E-state index contributed by atoms with van der Waals surface area (Å²) in [6, 6.07) is 7.72. The minimum atomic E-state index is -1.03. The molecule has 0 saturated carbocycles. The summed E-state index contributed by atoms with van der Waals surface area (Å²) in [6.45, 7) is 1.63. The Bertz CT molecular complexity index is 946. The molecule has 0 amide bonds. The maximum atomic E-state index is 12.2. The molecule has 22 heavy (non-hydrogen) atoms. The molecule has 1 aromatic carbocycles. The van der Waals surface area contributed by atoms with E-state index < -0.39 is 5.97 Å². The van der Waals surface area contributed by atoms with Gasteiger partial charge >= 0.3 is 5.97 Å². The van der Waals surface area contributed by atoms with Gasteiger partial charge in [-0.2, -0.15) is 0 Å². The molecule has 5 nitrogen and oxygen atoms in total. The Hall–Kier alpha value is -1.99. The van der Waals surface area contributed by atoms with Crippen molar-refractivity contribution in [2.75, 3.05) is 0 Å². The minimum Gasteiger partial charge on any atom is -0.477 e. The van der Waals surface area contributed by atoms with Crippen LogP contribution in [0.1, 0.15) is 26.6 Å². The van der Waals surface area contributed by atoms with Crippen LogP contribution in [0.3, 0.4) is 0 Å². The summed E-state index contributed by atoms with van der Waals surface area (Å²) in [6.07, 6.45) is 0.476. The zero-order valence-corrected chi connectivity index (χ0v) is 13.9. The van der Waals surface area contributed by atoms with Crippen molar-refractivity contribution in [3.63, 3.8) is 0 Å². The fraction of sp³-hybridized carbons (Fsp3) is 0.133. The van der Waals surface area contributed by atoms with Gasteiger partial charge in [-0.3, -0.25) is 4.79 Å². The molecule has 2 N–H and O–H groups in total. The first kappa shape index (κ1) is 14.9. The highest BCUT2D eigenvalue weighted by Gasteiger charge is 2.18. The van der Waals surface area contributed by atoms with E-state index in [0.29, 0.717) is 28.0 Å². The fourth-order valence-corrected chi connectivity index (χ4v) is 3.80. The van der Waals surface area contributed by atoms with Crippen molar-refractivity contribution < 1.29 is 9.90 Å². The molecule has 2 aromatic heterocycles. The Kier molecular flexibility index (Phi) is 3.84. The molecule has 7 heteroatoms. The van der Waals surface area contributed by atoms with Crippen molar-refractivity contribution in [2.24, 2.45) is 0 Å². The monoisotopic (exact) mass is 378 g/mol. The number of hydrogen-bond acceptors (Lipinski definition) is 4. The number of fused-ring (bicyclic) bond motifs is 1. The van der Waals surface area contributed by atoms with Crippen LogP contribution in [0.2, 0.25) is 0 Å². The van der Waals surface area contributed by atoms with E-state index in [4.69, 9.17) is 5.11 Å². The Balaban J connectivity index is 2.09. The lowest BCUT2D eigenvalue weighted by Gasteiger charge is -2.02. The topological polar surface area (TPSA) is 83.0 Å². The zero-order chi connectivity index (χ0) is 15.9. The highest BCUT2D eigenvalue weighted by Crippen LogP contribution is 2.27. The molecular weight excluding hydrogens is 368 g/mol. The molecule has 3 aromatic rings. The SMILES string of the molecule is Cc1c(C(=O)O)sc2nc(Cc3cccc(Br)c3)[nH]c(=O)c12. The standard InChI is InChI=1S/C15H11BrN2O3S/c1-7-11-13(19)17-10(6-8-3-2-4-9(16)5-8)18-14(11)22-12(7)15(20)21/h2-5H,6H2,1H3,(H,20,21)(H,17,18,19). The Morgan fingerprint density at radius 2 is 2.23 bits per heavy atom. The van der Waals surface area contributed by atoms with Crippen LogP contribution in [-0.4, -0.2) is 21.0 Å². The van der Waals surface area contributed by atoms with Gasteiger partial charge in [-0.1, -0.05) is 28.1 Å². The highest BCUT2D eigenvalue weighted by molar-refractivity contribution is 9.10. The molecule has 0 aliphatic rings. The highest BCUT2D eigenvalue weighted by atomic mass is 79.9. The lowest BCUT2D eigenvalue weighted by atomic mass is 10.1. The van der Waals surface area contributed by atoms with Crippen molar-refractivity contribution in [3.8, 4) is 0 Å². The number of aromatic nitrogens is 2. The number of carbonyl (C=O) groups is 1. The third-order valence-electron chi connectivity index (χ3n) is 3.30. The average molecular weight is 379 g/mol. The summed E-state index contributed by atoms with van der Waals surface area (Å²) in [5.74, 6) is -0.512. The van der Waals surface area contributed by atoms with E-state index in [1.807, 2.05) is 24.3 Å². The Labute approximate surface area is 137 Å². The molecule has 112 valence electrons. The van der Waals surface area contributed by atoms with Crippen molar-refractivity contribution in [1.82, 2.24) is 9.97 Å². The van der Waals surface area contributed by atoms with Gasteiger partial charge in [0.1, 0.15) is 15.5 Å². The average Bonchev–Trinajstić information content (AvgIpc) is 2.76. The quantitative estimate of drug-likeness (QED) is 0.731. The van der Waals surface area contributed by atoms with Crippen LogP contribution in [0.5, 0.6) is 0 Å². The van der Waals surface area contributed by atoms with E-state index in [2.05, 4.69) is 25.9 Å². The van der Waals surface area contributed by atoms with E-state index in [9.17, 15) is 9.59 Å². The van der Waals surface area contributed by atoms with Gasteiger partial charge in [0.15, 0.2) is 0 Å². The first-order chi connectivity index (χ1) is 10.5. The number of thiophene rings is 1. The van der Waals surface area contributed by atoms with Crippen LogP contribution in [0.15, 0.2) is 33.5 Å². The molecule has 0 aliphatic carbocycles. The number of nitrogens with one attached hydrogen (secondary N) is 1. The maximum absolute atomic E-state index is 12.2. The number of carboxylic acids is 1. The minimum absolute atomic E-state index is 0.160. The number of aromatic carboxylic acids is 1. The summed E-state index contributed by atoms with van der Waals surface area (Å²) in [7, 11) is 0. The van der Waals surface area contributed by atoms with E-state index in [0.717, 1.165) is 21.4 Å². The van der Waals surface area contributed by atoms with Gasteiger partial charge in [0, 0.05) is 10.9 Å². The molecule has 0 aliphatic heterocycles. The van der Waals surface area contributed by atoms with E-state index in [1.165, 1.54) is 0 Å². The molecule has 2 heterocycles. The summed E-state index contributed by atoms with van der Waals surface area (Å²) >= 11 is 4.44. The summed E-state index contributed by atoms with van der Waals surface area (Å²) < 4.78 is 0.952. The van der Waals surface area contributed by atoms with Gasteiger partial charge in [-0.05, 0) is 30.2 Å². The first-order valence-electron chi connectivity index (χ1n) is 6.45. The molecule has 3 rings (SSSR count). The van der Waals surface area contributed by atoms with E-state index in [-0.39, 0.29) is 10.4 Å². The second-order valence-electron chi connectivity index (χ2n) is 4.86. The predicted octanol–water partition coefficient (Wildman–Crippen LogP) is 3.34. The van der Waals surface area contributed by atoms with Crippen LogP contribution in [0.25, 0.3) is 10.2 Å². The smallest absolute Gasteiger partial charge is 0.346 e. The molecule has 0 unspecified atom stereocenters. The number of aromatic amines is 1. The first-order valence-corrected chi connectivity index (χ1v) is 8.06. The summed E-state index contributed by atoms with van der Waals surface area (Å²) in [5, 5.41) is 9.52. The number of H-pyrrole nitrogens is 1. The third-order valence-corrected chi connectivity index (χ3v) is 4.97. The van der Waals surface area contributed by atoms with Crippen LogP contribution >= 0.6 is 27.3 Å². The molecule has 0 saturated heterocycles. The van der Waals surface area contributed by atoms with Gasteiger partial charge in [0.05, 0.1) is 5.39 Å². The zero-order valence-electron chi connectivity index (χ0n) is 11.5. The molecule has 0 bridgehead atoms. The van der Waals surface area contributed by atoms with E-state index in [1.54, 1.807) is 6.92 Å². The van der Waals surface area contributed by atoms with E-state index >= 15 is 0 Å². The van der Waals surface area contributed by atoms with Crippen LogP contribution in [0.4, 0.5) is 0 Å². The number of hydrogen-bond donors (Lipinski definition) is 2. The number of nitrogens with zero attached hydrogens (tertiary/aromatic N) is 1. The van der Waals surface area contributed by atoms with Gasteiger partial charge in [0.25, 0.3) is 5.56 Å². The molecule has 0 spiro atoms. The van der Waals surface area contributed by atoms with Gasteiger partial charge in [-0.15, -0.1) is 11.3 Å². The van der Waals surface area contributed by atoms with Gasteiger partial charge in [0.2, 0.25) is 0 Å². The van der Waals surface area contributed by atoms with Gasteiger partial charge in [-0.25, -0.2) is 9.78 Å². The molecule has 0 atom stereocenters. The molecule has 0 fully saturated rings. The molecule has 0 radical (unpaired) electrons. The number of aryl methyl sites for hydroxylation is 1. The lowest BCUT2D eigenvalue weighted by Crippen LogP contribution is -2.12. The van der Waals surface area contributed by atoms with Crippen molar-refractivity contribution in [2.45, 2.75) is 13.3 Å².